The average Bonchev–Trinajstić information content (AvgIpc) is 2.71. The maximum atomic E-state index is 6.54. The fraction of sp³-hybridized carbons (Fsp3) is 0.600. The molecule has 0 spiro atoms. The van der Waals surface area contributed by atoms with E-state index in [2.05, 4.69) is 31.3 Å². The molecule has 1 aromatic carbocycles. The second-order valence-corrected chi connectivity index (χ2v) is 6.18. The van der Waals surface area contributed by atoms with E-state index in [9.17, 15) is 0 Å². The van der Waals surface area contributed by atoms with Gasteiger partial charge in [-0.05, 0) is 41.4 Å². The first-order chi connectivity index (χ1) is 8.15. The number of halogens is 1. The second kappa shape index (κ2) is 4.00. The third-order valence-corrected chi connectivity index (χ3v) is 5.25. The van der Waals surface area contributed by atoms with Gasteiger partial charge in [-0.15, -0.1) is 0 Å². The SMILES string of the molecule is CCc1ccc2c(c1Cl)CC[C@@]1(C)CNCC21. The summed E-state index contributed by atoms with van der Waals surface area (Å²) >= 11 is 6.54. The molecule has 3 rings (SSSR count). The minimum absolute atomic E-state index is 0.448. The molecule has 2 atom stereocenters. The van der Waals surface area contributed by atoms with Crippen LogP contribution in [-0.4, -0.2) is 13.1 Å². The van der Waals surface area contributed by atoms with E-state index in [0.717, 1.165) is 31.0 Å². The summed E-state index contributed by atoms with van der Waals surface area (Å²) in [6.45, 7) is 6.87. The van der Waals surface area contributed by atoms with Crippen LogP contribution in [0.2, 0.25) is 5.02 Å². The lowest BCUT2D eigenvalue weighted by molar-refractivity contribution is 0.277. The maximum Gasteiger partial charge on any atom is 0.0472 e. The second-order valence-electron chi connectivity index (χ2n) is 5.80. The normalized spacial score (nSPS) is 31.1. The van der Waals surface area contributed by atoms with E-state index in [-0.39, 0.29) is 0 Å². The van der Waals surface area contributed by atoms with Gasteiger partial charge in [-0.2, -0.15) is 0 Å². The van der Waals surface area contributed by atoms with Gasteiger partial charge in [0.15, 0.2) is 0 Å². The van der Waals surface area contributed by atoms with Crippen molar-refractivity contribution < 1.29 is 0 Å². The molecule has 1 aliphatic heterocycles. The number of hydrogen-bond donors (Lipinski definition) is 1. The molecule has 1 fully saturated rings. The molecule has 2 aliphatic rings. The Hall–Kier alpha value is -0.530. The van der Waals surface area contributed by atoms with Crippen LogP contribution in [0.3, 0.4) is 0 Å². The molecular weight excluding hydrogens is 230 g/mol. The first-order valence-corrected chi connectivity index (χ1v) is 7.04. The van der Waals surface area contributed by atoms with E-state index < -0.39 is 0 Å². The molecule has 2 heteroatoms. The van der Waals surface area contributed by atoms with Gasteiger partial charge in [0.25, 0.3) is 0 Å². The Labute approximate surface area is 109 Å². The monoisotopic (exact) mass is 249 g/mol. The first kappa shape index (κ1) is 11.6. The van der Waals surface area contributed by atoms with Gasteiger partial charge in [0, 0.05) is 24.0 Å². The predicted molar refractivity (Wildman–Crippen MR) is 72.9 cm³/mol. The highest BCUT2D eigenvalue weighted by Crippen LogP contribution is 2.49. The summed E-state index contributed by atoms with van der Waals surface area (Å²) in [6, 6.07) is 4.56. The predicted octanol–water partition coefficient (Wildman–Crippen LogP) is 3.54. The van der Waals surface area contributed by atoms with Crippen molar-refractivity contribution in [1.82, 2.24) is 5.32 Å². The lowest BCUT2D eigenvalue weighted by Gasteiger charge is -2.37. The number of nitrogens with one attached hydrogen (secondary N) is 1. The lowest BCUT2D eigenvalue weighted by Crippen LogP contribution is -2.30. The quantitative estimate of drug-likeness (QED) is 0.803. The number of fused-ring (bicyclic) bond motifs is 3. The molecule has 92 valence electrons. The lowest BCUT2D eigenvalue weighted by atomic mass is 9.67. The standard InChI is InChI=1S/C15H20ClN/c1-3-10-4-5-11-12(14(10)16)6-7-15(2)9-17-8-13(11)15/h4-5,13,17H,3,6-9H2,1-2H3/t13?,15-/m0/s1. The van der Waals surface area contributed by atoms with Crippen molar-refractivity contribution in [2.24, 2.45) is 5.41 Å². The van der Waals surface area contributed by atoms with Crippen molar-refractivity contribution in [3.8, 4) is 0 Å². The van der Waals surface area contributed by atoms with E-state index in [0.29, 0.717) is 11.3 Å². The van der Waals surface area contributed by atoms with Gasteiger partial charge in [0.2, 0.25) is 0 Å². The molecule has 1 aromatic rings. The summed E-state index contributed by atoms with van der Waals surface area (Å²) in [5.74, 6) is 0.662. The van der Waals surface area contributed by atoms with Crippen molar-refractivity contribution >= 4 is 11.6 Å². The van der Waals surface area contributed by atoms with Gasteiger partial charge < -0.3 is 5.32 Å². The van der Waals surface area contributed by atoms with E-state index >= 15 is 0 Å². The Kier molecular flexibility index (Phi) is 2.72. The number of hydrogen-bond acceptors (Lipinski definition) is 1. The highest BCUT2D eigenvalue weighted by atomic mass is 35.5. The first-order valence-electron chi connectivity index (χ1n) is 6.66. The van der Waals surface area contributed by atoms with Crippen molar-refractivity contribution in [3.63, 3.8) is 0 Å². The Balaban J connectivity index is 2.11. The molecule has 1 unspecified atom stereocenters. The molecule has 0 aromatic heterocycles. The summed E-state index contributed by atoms with van der Waals surface area (Å²) in [5.41, 5.74) is 4.69. The number of benzene rings is 1. The van der Waals surface area contributed by atoms with E-state index in [1.54, 1.807) is 0 Å². The molecule has 1 nitrogen and oxygen atoms in total. The fourth-order valence-electron chi connectivity index (χ4n) is 3.57. The Morgan fingerprint density at radius 1 is 1.47 bits per heavy atom. The zero-order valence-electron chi connectivity index (χ0n) is 10.6. The summed E-state index contributed by atoms with van der Waals surface area (Å²) in [6.07, 6.45) is 3.45. The van der Waals surface area contributed by atoms with Gasteiger partial charge in [0.05, 0.1) is 0 Å². The van der Waals surface area contributed by atoms with Crippen LogP contribution in [0.4, 0.5) is 0 Å². The van der Waals surface area contributed by atoms with Crippen molar-refractivity contribution in [2.45, 2.75) is 39.0 Å². The Bertz CT molecular complexity index is 454. The van der Waals surface area contributed by atoms with Gasteiger partial charge in [-0.3, -0.25) is 0 Å². The van der Waals surface area contributed by atoms with Gasteiger partial charge in [-0.1, -0.05) is 37.6 Å². The minimum Gasteiger partial charge on any atom is -0.316 e. The summed E-state index contributed by atoms with van der Waals surface area (Å²) in [4.78, 5) is 0. The minimum atomic E-state index is 0.448. The van der Waals surface area contributed by atoms with Gasteiger partial charge >= 0.3 is 0 Å². The van der Waals surface area contributed by atoms with E-state index in [4.69, 9.17) is 11.6 Å². The van der Waals surface area contributed by atoms with Crippen LogP contribution in [0.15, 0.2) is 12.1 Å². The number of rotatable bonds is 1. The summed E-state index contributed by atoms with van der Waals surface area (Å²) in [5, 5.41) is 4.59. The van der Waals surface area contributed by atoms with Crippen LogP contribution in [0, 0.1) is 5.41 Å². The van der Waals surface area contributed by atoms with Crippen LogP contribution in [0.25, 0.3) is 0 Å². The van der Waals surface area contributed by atoms with Crippen LogP contribution in [0.5, 0.6) is 0 Å². The smallest absolute Gasteiger partial charge is 0.0472 e. The Morgan fingerprint density at radius 3 is 3.06 bits per heavy atom. The van der Waals surface area contributed by atoms with Crippen molar-refractivity contribution in [3.05, 3.63) is 33.8 Å². The van der Waals surface area contributed by atoms with Crippen LogP contribution in [-0.2, 0) is 12.8 Å². The molecular formula is C15H20ClN. The largest absolute Gasteiger partial charge is 0.316 e. The molecule has 1 N–H and O–H groups in total. The highest BCUT2D eigenvalue weighted by molar-refractivity contribution is 6.32. The van der Waals surface area contributed by atoms with Crippen LogP contribution >= 0.6 is 11.6 Å². The molecule has 0 amide bonds. The highest BCUT2D eigenvalue weighted by Gasteiger charge is 2.43. The molecule has 17 heavy (non-hydrogen) atoms. The van der Waals surface area contributed by atoms with Crippen LogP contribution < -0.4 is 5.32 Å². The molecule has 0 saturated carbocycles. The third-order valence-electron chi connectivity index (χ3n) is 4.78. The Morgan fingerprint density at radius 2 is 2.29 bits per heavy atom. The number of aryl methyl sites for hydroxylation is 1. The molecule has 1 heterocycles. The summed E-state index contributed by atoms with van der Waals surface area (Å²) < 4.78 is 0. The van der Waals surface area contributed by atoms with Crippen LogP contribution in [0.1, 0.15) is 42.9 Å². The fourth-order valence-corrected chi connectivity index (χ4v) is 3.97. The third kappa shape index (κ3) is 1.63. The van der Waals surface area contributed by atoms with E-state index in [1.807, 2.05) is 0 Å². The van der Waals surface area contributed by atoms with Gasteiger partial charge in [-0.25, -0.2) is 0 Å². The zero-order chi connectivity index (χ0) is 12.0. The van der Waals surface area contributed by atoms with E-state index in [1.165, 1.54) is 23.1 Å². The molecule has 0 radical (unpaired) electrons. The van der Waals surface area contributed by atoms with Crippen molar-refractivity contribution in [2.75, 3.05) is 13.1 Å². The maximum absolute atomic E-state index is 6.54. The molecule has 1 saturated heterocycles. The zero-order valence-corrected chi connectivity index (χ0v) is 11.4. The topological polar surface area (TPSA) is 12.0 Å². The molecule has 1 aliphatic carbocycles. The molecule has 0 bridgehead atoms. The van der Waals surface area contributed by atoms with Gasteiger partial charge in [0.1, 0.15) is 0 Å². The summed E-state index contributed by atoms with van der Waals surface area (Å²) in [7, 11) is 0. The van der Waals surface area contributed by atoms with Crippen molar-refractivity contribution in [1.29, 1.82) is 0 Å². The average molecular weight is 250 g/mol.